The lowest BCUT2D eigenvalue weighted by atomic mass is 9.98. The fraction of sp³-hybridized carbons (Fsp3) is 0.364. The number of rotatable bonds is 7. The Morgan fingerprint density at radius 1 is 1.09 bits per heavy atom. The molecule has 1 heterocycles. The number of nitrogens with zero attached hydrogens (tertiary/aromatic N) is 2. The normalized spacial score (nSPS) is 15.9. The van der Waals surface area contributed by atoms with Gasteiger partial charge in [0.05, 0.1) is 30.9 Å². The van der Waals surface area contributed by atoms with E-state index >= 15 is 0 Å². The Balaban J connectivity index is 1.61. The molecule has 0 saturated carbocycles. The van der Waals surface area contributed by atoms with Gasteiger partial charge in [-0.3, -0.25) is 4.79 Å². The maximum atomic E-state index is 13.0. The number of ether oxygens (including phenoxy) is 2. The Bertz CT molecular complexity index is 1160. The molecule has 0 aliphatic carbocycles. The number of piperidine rings is 1. The summed E-state index contributed by atoms with van der Waals surface area (Å²) in [5.41, 5.74) is 1.22. The summed E-state index contributed by atoms with van der Waals surface area (Å²) in [7, 11) is -0.960. The van der Waals surface area contributed by atoms with Crippen LogP contribution in [0.25, 0.3) is 0 Å². The molecule has 184 valence electrons. The Morgan fingerprint density at radius 3 is 2.35 bits per heavy atom. The van der Waals surface area contributed by atoms with Gasteiger partial charge in [-0.25, -0.2) is 13.8 Å². The van der Waals surface area contributed by atoms with Crippen LogP contribution >= 0.6 is 0 Å². The van der Waals surface area contributed by atoms with Crippen molar-refractivity contribution in [2.75, 3.05) is 27.3 Å². The van der Waals surface area contributed by atoms with E-state index in [-0.39, 0.29) is 42.1 Å². The monoisotopic (exact) mass is 499 g/mol. The van der Waals surface area contributed by atoms with Gasteiger partial charge >= 0.3 is 6.18 Å². The first-order valence-electron chi connectivity index (χ1n) is 10.3. The van der Waals surface area contributed by atoms with Gasteiger partial charge in [0.1, 0.15) is 0 Å². The van der Waals surface area contributed by atoms with Gasteiger partial charge in [-0.05, 0) is 31.0 Å². The first kappa shape index (κ1) is 25.5. The van der Waals surface area contributed by atoms with Crippen molar-refractivity contribution < 1.29 is 35.9 Å². The third kappa shape index (κ3) is 5.68. The van der Waals surface area contributed by atoms with Gasteiger partial charge in [0.15, 0.2) is 11.5 Å². The molecule has 0 spiro atoms. The van der Waals surface area contributed by atoms with Crippen LogP contribution in [0.3, 0.4) is 0 Å². The third-order valence-corrected chi connectivity index (χ3v) is 7.36. The number of hydrazone groups is 1. The SMILES string of the molecule is COc1ccc(S(=O)(=O)N2CCC(C(=O)N/N=C\c3ccccc3C(F)(F)F)CC2)cc1OC. The van der Waals surface area contributed by atoms with Crippen molar-refractivity contribution >= 4 is 22.1 Å². The van der Waals surface area contributed by atoms with E-state index in [1.165, 1.54) is 54.9 Å². The number of nitrogens with one attached hydrogen (secondary N) is 1. The van der Waals surface area contributed by atoms with Gasteiger partial charge in [0.2, 0.25) is 15.9 Å². The smallest absolute Gasteiger partial charge is 0.417 e. The van der Waals surface area contributed by atoms with Crippen LogP contribution in [0.2, 0.25) is 0 Å². The zero-order valence-electron chi connectivity index (χ0n) is 18.5. The maximum absolute atomic E-state index is 13.0. The molecule has 1 N–H and O–H groups in total. The van der Waals surface area contributed by atoms with Gasteiger partial charge < -0.3 is 9.47 Å². The number of hydrogen-bond donors (Lipinski definition) is 1. The summed E-state index contributed by atoms with van der Waals surface area (Å²) in [4.78, 5) is 12.4. The van der Waals surface area contributed by atoms with E-state index in [0.29, 0.717) is 5.75 Å². The van der Waals surface area contributed by atoms with Crippen molar-refractivity contribution in [1.29, 1.82) is 0 Å². The van der Waals surface area contributed by atoms with E-state index in [0.717, 1.165) is 12.3 Å². The van der Waals surface area contributed by atoms with Gasteiger partial charge in [0.25, 0.3) is 0 Å². The molecule has 1 fully saturated rings. The van der Waals surface area contributed by atoms with E-state index in [2.05, 4.69) is 10.5 Å². The van der Waals surface area contributed by atoms with Crippen molar-refractivity contribution in [3.63, 3.8) is 0 Å². The summed E-state index contributed by atoms with van der Waals surface area (Å²) in [6, 6.07) is 9.17. The molecule has 1 aliphatic rings. The lowest BCUT2D eigenvalue weighted by Gasteiger charge is -2.30. The van der Waals surface area contributed by atoms with Crippen LogP contribution in [0.1, 0.15) is 24.0 Å². The Hall–Kier alpha value is -3.12. The summed E-state index contributed by atoms with van der Waals surface area (Å²) >= 11 is 0. The number of hydrogen-bond acceptors (Lipinski definition) is 6. The molecule has 0 radical (unpaired) electrons. The molecule has 0 atom stereocenters. The highest BCUT2D eigenvalue weighted by Crippen LogP contribution is 2.32. The minimum absolute atomic E-state index is 0.0426. The van der Waals surface area contributed by atoms with Crippen molar-refractivity contribution in [2.24, 2.45) is 11.0 Å². The highest BCUT2D eigenvalue weighted by Gasteiger charge is 2.34. The molecular formula is C22H24F3N3O5S. The summed E-state index contributed by atoms with van der Waals surface area (Å²) in [6.07, 6.45) is -3.11. The minimum Gasteiger partial charge on any atom is -0.493 e. The van der Waals surface area contributed by atoms with E-state index in [1.807, 2.05) is 0 Å². The number of halogens is 3. The standard InChI is InChI=1S/C22H24F3N3O5S/c1-32-19-8-7-17(13-20(19)33-2)34(30,31)28-11-9-15(10-12-28)21(29)27-26-14-16-5-3-4-6-18(16)22(23,24)25/h3-8,13-15H,9-12H2,1-2H3,(H,27,29)/b26-14-. The van der Waals surface area contributed by atoms with Crippen molar-refractivity contribution in [3.05, 3.63) is 53.6 Å². The average Bonchev–Trinajstić information content (AvgIpc) is 2.83. The van der Waals surface area contributed by atoms with E-state index in [4.69, 9.17) is 9.47 Å². The zero-order chi connectivity index (χ0) is 24.9. The number of carbonyl (C=O) groups is 1. The fourth-order valence-electron chi connectivity index (χ4n) is 3.61. The van der Waals surface area contributed by atoms with E-state index < -0.39 is 33.6 Å². The topological polar surface area (TPSA) is 97.3 Å². The second-order valence-corrected chi connectivity index (χ2v) is 9.45. The van der Waals surface area contributed by atoms with Crippen LogP contribution < -0.4 is 14.9 Å². The van der Waals surface area contributed by atoms with Gasteiger partial charge in [0, 0.05) is 30.6 Å². The fourth-order valence-corrected chi connectivity index (χ4v) is 5.09. The number of alkyl halides is 3. The van der Waals surface area contributed by atoms with Crippen LogP contribution in [0.5, 0.6) is 11.5 Å². The average molecular weight is 500 g/mol. The number of sulfonamides is 1. The molecule has 1 saturated heterocycles. The summed E-state index contributed by atoms with van der Waals surface area (Å²) in [5.74, 6) is -0.325. The highest BCUT2D eigenvalue weighted by molar-refractivity contribution is 7.89. The lowest BCUT2D eigenvalue weighted by molar-refractivity contribution is -0.137. The molecule has 0 bridgehead atoms. The van der Waals surface area contributed by atoms with Crippen LogP contribution in [-0.4, -0.2) is 52.2 Å². The minimum atomic E-state index is -4.54. The lowest BCUT2D eigenvalue weighted by Crippen LogP contribution is -2.42. The van der Waals surface area contributed by atoms with Crippen LogP contribution in [0.15, 0.2) is 52.5 Å². The predicted octanol–water partition coefficient (Wildman–Crippen LogP) is 3.27. The Morgan fingerprint density at radius 2 is 1.74 bits per heavy atom. The largest absolute Gasteiger partial charge is 0.493 e. The molecule has 34 heavy (non-hydrogen) atoms. The molecule has 8 nitrogen and oxygen atoms in total. The molecular weight excluding hydrogens is 475 g/mol. The summed E-state index contributed by atoms with van der Waals surface area (Å²) in [6.45, 7) is 0.213. The molecule has 0 aromatic heterocycles. The number of amides is 1. The van der Waals surface area contributed by atoms with E-state index in [1.54, 1.807) is 0 Å². The van der Waals surface area contributed by atoms with Gasteiger partial charge in [-0.2, -0.15) is 22.6 Å². The molecule has 1 aliphatic heterocycles. The number of carbonyl (C=O) groups excluding carboxylic acids is 1. The molecule has 12 heteroatoms. The molecule has 3 rings (SSSR count). The molecule has 2 aromatic carbocycles. The zero-order valence-corrected chi connectivity index (χ0v) is 19.3. The van der Waals surface area contributed by atoms with Crippen molar-refractivity contribution in [2.45, 2.75) is 23.9 Å². The van der Waals surface area contributed by atoms with Crippen molar-refractivity contribution in [1.82, 2.24) is 9.73 Å². The summed E-state index contributed by atoms with van der Waals surface area (Å²) in [5, 5.41) is 3.66. The Labute approximate surface area is 195 Å². The maximum Gasteiger partial charge on any atom is 0.417 e. The van der Waals surface area contributed by atoms with Gasteiger partial charge in [-0.15, -0.1) is 0 Å². The number of methoxy groups -OCH3 is 2. The predicted molar refractivity (Wildman–Crippen MR) is 118 cm³/mol. The first-order chi connectivity index (χ1) is 16.1. The second kappa shape index (κ2) is 10.4. The first-order valence-corrected chi connectivity index (χ1v) is 11.7. The van der Waals surface area contributed by atoms with Crippen LogP contribution in [-0.2, 0) is 21.0 Å². The molecule has 2 aromatic rings. The third-order valence-electron chi connectivity index (χ3n) is 5.46. The highest BCUT2D eigenvalue weighted by atomic mass is 32.2. The number of benzene rings is 2. The van der Waals surface area contributed by atoms with Crippen LogP contribution in [0, 0.1) is 5.92 Å². The van der Waals surface area contributed by atoms with Crippen molar-refractivity contribution in [3.8, 4) is 11.5 Å². The van der Waals surface area contributed by atoms with E-state index in [9.17, 15) is 26.4 Å². The summed E-state index contributed by atoms with van der Waals surface area (Å²) < 4.78 is 76.7. The second-order valence-electron chi connectivity index (χ2n) is 7.51. The quantitative estimate of drug-likeness (QED) is 0.466. The molecule has 0 unspecified atom stereocenters. The Kier molecular flexibility index (Phi) is 7.82. The van der Waals surface area contributed by atoms with Crippen LogP contribution in [0.4, 0.5) is 13.2 Å². The molecule has 1 amide bonds. The van der Waals surface area contributed by atoms with Gasteiger partial charge in [-0.1, -0.05) is 18.2 Å².